The van der Waals surface area contributed by atoms with E-state index in [9.17, 15) is 14.4 Å². The lowest BCUT2D eigenvalue weighted by molar-refractivity contribution is -0.153. The van der Waals surface area contributed by atoms with Crippen molar-refractivity contribution in [3.05, 3.63) is 25.3 Å². The molecule has 4 rings (SSSR count). The third-order valence-corrected chi connectivity index (χ3v) is 10.5. The fraction of sp³-hybridized carbons (Fsp3) is 0.750. The van der Waals surface area contributed by atoms with Crippen molar-refractivity contribution in [3.8, 4) is 0 Å². The van der Waals surface area contributed by atoms with Crippen LogP contribution in [0.3, 0.4) is 0 Å². The van der Waals surface area contributed by atoms with Gasteiger partial charge in [0.2, 0.25) is 11.8 Å². The molecule has 7 nitrogen and oxygen atoms in total. The van der Waals surface area contributed by atoms with Crippen LogP contribution >= 0.6 is 11.8 Å². The monoisotopic (exact) mass is 518 g/mol. The van der Waals surface area contributed by atoms with Gasteiger partial charge in [-0.3, -0.25) is 14.4 Å². The fourth-order valence-corrected chi connectivity index (χ4v) is 9.23. The number of likely N-dealkylation sites (tertiary alicyclic amines) is 1. The SMILES string of the molecule is C=CCOC(=O)[C@@H]1[C@@H]2CCC3(S2)C(C(=O)N(CC=C)C2CCCCC2)N(CCCCCCO)C(=O)[C@H]13. The van der Waals surface area contributed by atoms with Crippen molar-refractivity contribution < 1.29 is 24.2 Å². The topological polar surface area (TPSA) is 87.2 Å². The van der Waals surface area contributed by atoms with Gasteiger partial charge < -0.3 is 19.6 Å². The highest BCUT2D eigenvalue weighted by atomic mass is 32.2. The zero-order valence-corrected chi connectivity index (χ0v) is 22.3. The van der Waals surface area contributed by atoms with Crippen LogP contribution < -0.4 is 0 Å². The predicted molar refractivity (Wildman–Crippen MR) is 141 cm³/mol. The Balaban J connectivity index is 1.64. The standard InChI is InChI=1S/C28H42N2O5S/c1-3-16-29(20-12-8-7-9-13-20)26(33)24-28-15-14-21(36-28)22(27(34)35-19-4-2)23(28)25(32)30(24)17-10-5-6-11-18-31/h3-4,20-24,31H,1-2,5-19H2/t21-,22+,23-,24?,28?/m0/s1. The molecule has 3 aliphatic heterocycles. The molecule has 4 fully saturated rings. The highest BCUT2D eigenvalue weighted by Crippen LogP contribution is 2.66. The predicted octanol–water partition coefficient (Wildman–Crippen LogP) is 3.71. The smallest absolute Gasteiger partial charge is 0.311 e. The summed E-state index contributed by atoms with van der Waals surface area (Å²) in [7, 11) is 0. The van der Waals surface area contributed by atoms with E-state index < -0.39 is 22.6 Å². The second kappa shape index (κ2) is 12.2. The van der Waals surface area contributed by atoms with Crippen LogP contribution in [0.2, 0.25) is 0 Å². The molecule has 3 saturated heterocycles. The lowest BCUT2D eigenvalue weighted by Gasteiger charge is -2.41. The number of esters is 1. The molecule has 2 amide bonds. The lowest BCUT2D eigenvalue weighted by atomic mass is 9.71. The van der Waals surface area contributed by atoms with E-state index in [1.165, 1.54) is 6.42 Å². The van der Waals surface area contributed by atoms with Gasteiger partial charge in [-0.1, -0.05) is 50.8 Å². The van der Waals surface area contributed by atoms with Gasteiger partial charge in [0.05, 0.1) is 16.6 Å². The number of thioether (sulfide) groups is 1. The van der Waals surface area contributed by atoms with Crippen molar-refractivity contribution in [1.82, 2.24) is 9.80 Å². The summed E-state index contributed by atoms with van der Waals surface area (Å²) in [6.07, 6.45) is 13.7. The number of carbonyl (C=O) groups is 3. The number of carbonyl (C=O) groups excluding carboxylic acids is 3. The molecule has 4 aliphatic rings. The zero-order chi connectivity index (χ0) is 25.7. The first kappa shape index (κ1) is 27.2. The molecular weight excluding hydrogens is 476 g/mol. The molecule has 0 aromatic carbocycles. The van der Waals surface area contributed by atoms with Gasteiger partial charge in [-0.05, 0) is 38.5 Å². The maximum atomic E-state index is 14.4. The molecule has 2 unspecified atom stereocenters. The molecule has 0 aromatic rings. The summed E-state index contributed by atoms with van der Waals surface area (Å²) in [4.78, 5) is 45.3. The third kappa shape index (κ3) is 5.00. The fourth-order valence-electron chi connectivity index (χ4n) is 7.03. The van der Waals surface area contributed by atoms with Gasteiger partial charge in [-0.25, -0.2) is 0 Å². The van der Waals surface area contributed by atoms with Crippen molar-refractivity contribution in [3.63, 3.8) is 0 Å². The number of unbranched alkanes of at least 4 members (excludes halogenated alkanes) is 3. The van der Waals surface area contributed by atoms with E-state index in [0.29, 0.717) is 13.1 Å². The quantitative estimate of drug-likeness (QED) is 0.227. The number of hydrogen-bond acceptors (Lipinski definition) is 6. The summed E-state index contributed by atoms with van der Waals surface area (Å²) in [5.74, 6) is -1.39. The molecule has 3 heterocycles. The summed E-state index contributed by atoms with van der Waals surface area (Å²) < 4.78 is 4.87. The molecular formula is C28H42N2O5S. The van der Waals surface area contributed by atoms with Gasteiger partial charge in [0, 0.05) is 31.0 Å². The van der Waals surface area contributed by atoms with E-state index >= 15 is 0 Å². The Labute approximate surface area is 219 Å². The molecule has 8 heteroatoms. The van der Waals surface area contributed by atoms with Crippen molar-refractivity contribution in [1.29, 1.82) is 0 Å². The second-order valence-electron chi connectivity index (χ2n) is 10.7. The van der Waals surface area contributed by atoms with Crippen LogP contribution in [0.25, 0.3) is 0 Å². The normalized spacial score (nSPS) is 31.4. The minimum absolute atomic E-state index is 0.0146. The summed E-state index contributed by atoms with van der Waals surface area (Å²) in [5, 5.41) is 9.13. The van der Waals surface area contributed by atoms with Crippen LogP contribution in [0.5, 0.6) is 0 Å². The summed E-state index contributed by atoms with van der Waals surface area (Å²) >= 11 is 1.70. The Kier molecular flexibility index (Phi) is 9.20. The van der Waals surface area contributed by atoms with Gasteiger partial charge in [-0.15, -0.1) is 18.3 Å². The first-order chi connectivity index (χ1) is 17.5. The number of aliphatic hydroxyl groups excluding tert-OH is 1. The molecule has 36 heavy (non-hydrogen) atoms. The molecule has 0 aromatic heterocycles. The van der Waals surface area contributed by atoms with Crippen molar-refractivity contribution >= 4 is 29.5 Å². The third-order valence-electron chi connectivity index (χ3n) is 8.58. The Morgan fingerprint density at radius 2 is 1.86 bits per heavy atom. The van der Waals surface area contributed by atoms with Crippen LogP contribution in [0.1, 0.15) is 70.6 Å². The van der Waals surface area contributed by atoms with Crippen molar-refractivity contribution in [2.24, 2.45) is 11.8 Å². The van der Waals surface area contributed by atoms with E-state index in [1.807, 2.05) is 9.80 Å². The molecule has 0 radical (unpaired) electrons. The Morgan fingerprint density at radius 3 is 2.56 bits per heavy atom. The number of nitrogens with zero attached hydrogens (tertiary/aromatic N) is 2. The number of hydrogen-bond donors (Lipinski definition) is 1. The molecule has 1 N–H and O–H groups in total. The maximum absolute atomic E-state index is 14.4. The zero-order valence-electron chi connectivity index (χ0n) is 21.4. The van der Waals surface area contributed by atoms with Crippen molar-refractivity contribution in [2.45, 2.75) is 92.7 Å². The number of fused-ring (bicyclic) bond motifs is 1. The first-order valence-corrected chi connectivity index (χ1v) is 14.7. The molecule has 1 spiro atoms. The van der Waals surface area contributed by atoms with Crippen LogP contribution in [0.4, 0.5) is 0 Å². The molecule has 1 aliphatic carbocycles. The van der Waals surface area contributed by atoms with Crippen LogP contribution in [-0.2, 0) is 19.1 Å². The van der Waals surface area contributed by atoms with Crippen LogP contribution in [0.15, 0.2) is 25.3 Å². The average molecular weight is 519 g/mol. The average Bonchev–Trinajstić information content (AvgIpc) is 3.53. The maximum Gasteiger partial charge on any atom is 0.311 e. The van der Waals surface area contributed by atoms with Crippen molar-refractivity contribution in [2.75, 3.05) is 26.3 Å². The van der Waals surface area contributed by atoms with Gasteiger partial charge in [0.25, 0.3) is 0 Å². The van der Waals surface area contributed by atoms with Gasteiger partial charge in [0.1, 0.15) is 12.6 Å². The molecule has 200 valence electrons. The molecule has 5 atom stereocenters. The van der Waals surface area contributed by atoms with E-state index in [-0.39, 0.29) is 42.3 Å². The number of rotatable bonds is 13. The minimum Gasteiger partial charge on any atom is -0.461 e. The van der Waals surface area contributed by atoms with E-state index in [1.54, 1.807) is 23.9 Å². The second-order valence-corrected chi connectivity index (χ2v) is 12.3. The highest BCUT2D eigenvalue weighted by Gasteiger charge is 2.74. The summed E-state index contributed by atoms with van der Waals surface area (Å²) in [6.45, 7) is 8.85. The lowest BCUT2D eigenvalue weighted by Crippen LogP contribution is -2.57. The van der Waals surface area contributed by atoms with E-state index in [4.69, 9.17) is 9.84 Å². The summed E-state index contributed by atoms with van der Waals surface area (Å²) in [6, 6.07) is -0.375. The molecule has 2 bridgehead atoms. The van der Waals surface area contributed by atoms with E-state index in [0.717, 1.165) is 64.2 Å². The Bertz CT molecular complexity index is 844. The van der Waals surface area contributed by atoms with Gasteiger partial charge >= 0.3 is 5.97 Å². The largest absolute Gasteiger partial charge is 0.461 e. The Morgan fingerprint density at radius 1 is 1.11 bits per heavy atom. The van der Waals surface area contributed by atoms with Gasteiger partial charge in [-0.2, -0.15) is 0 Å². The van der Waals surface area contributed by atoms with Gasteiger partial charge in [0.15, 0.2) is 0 Å². The number of ether oxygens (including phenoxy) is 1. The van der Waals surface area contributed by atoms with E-state index in [2.05, 4.69) is 13.2 Å². The highest BCUT2D eigenvalue weighted by molar-refractivity contribution is 8.02. The minimum atomic E-state index is -0.574. The Hall–Kier alpha value is -1.80. The molecule has 1 saturated carbocycles. The van der Waals surface area contributed by atoms with Crippen LogP contribution in [0, 0.1) is 11.8 Å². The number of amides is 2. The summed E-state index contributed by atoms with van der Waals surface area (Å²) in [5.41, 5.74) is 0. The first-order valence-electron chi connectivity index (χ1n) is 13.8. The number of aliphatic hydroxyl groups is 1. The van der Waals surface area contributed by atoms with Crippen LogP contribution in [-0.4, -0.2) is 81.1 Å².